The molecule has 0 saturated heterocycles. The topological polar surface area (TPSA) is 59.1 Å². The van der Waals surface area contributed by atoms with Crippen LogP contribution in [0.25, 0.3) is 10.2 Å². The number of aromatic nitrogens is 1. The van der Waals surface area contributed by atoms with Crippen molar-refractivity contribution in [2.45, 2.75) is 13.0 Å². The minimum absolute atomic E-state index is 0.114. The molecule has 1 aromatic carbocycles. The van der Waals surface area contributed by atoms with Crippen LogP contribution in [0.1, 0.15) is 6.92 Å². The summed E-state index contributed by atoms with van der Waals surface area (Å²) in [6.07, 6.45) is 1.24. The van der Waals surface area contributed by atoms with E-state index in [1.165, 1.54) is 17.6 Å². The van der Waals surface area contributed by atoms with Crippen molar-refractivity contribution in [2.24, 2.45) is 0 Å². The second-order valence-electron chi connectivity index (χ2n) is 4.12. The predicted octanol–water partition coefficient (Wildman–Crippen LogP) is 2.14. The zero-order chi connectivity index (χ0) is 12.5. The van der Waals surface area contributed by atoms with Gasteiger partial charge in [0.1, 0.15) is 9.84 Å². The molecule has 1 unspecified atom stereocenters. The van der Waals surface area contributed by atoms with Gasteiger partial charge in [0, 0.05) is 12.3 Å². The zero-order valence-electron chi connectivity index (χ0n) is 9.67. The third kappa shape index (κ3) is 3.41. The van der Waals surface area contributed by atoms with Gasteiger partial charge in [-0.3, -0.25) is 0 Å². The summed E-state index contributed by atoms with van der Waals surface area (Å²) in [6, 6.07) is 7.71. The molecule has 0 aliphatic heterocycles. The number of sulfone groups is 1. The van der Waals surface area contributed by atoms with Crippen LogP contribution in [0.2, 0.25) is 0 Å². The number of para-hydroxylation sites is 1. The molecule has 1 atom stereocenters. The van der Waals surface area contributed by atoms with Crippen LogP contribution in [-0.2, 0) is 9.84 Å². The highest BCUT2D eigenvalue weighted by Crippen LogP contribution is 2.25. The van der Waals surface area contributed by atoms with E-state index >= 15 is 0 Å². The van der Waals surface area contributed by atoms with Crippen LogP contribution in [0.5, 0.6) is 0 Å². The van der Waals surface area contributed by atoms with Crippen molar-refractivity contribution in [3.05, 3.63) is 24.3 Å². The van der Waals surface area contributed by atoms with Crippen LogP contribution < -0.4 is 5.32 Å². The van der Waals surface area contributed by atoms with Gasteiger partial charge < -0.3 is 5.32 Å². The number of anilines is 1. The number of nitrogens with zero attached hydrogens (tertiary/aromatic N) is 1. The van der Waals surface area contributed by atoms with E-state index in [1.54, 1.807) is 0 Å². The Labute approximate surface area is 105 Å². The van der Waals surface area contributed by atoms with E-state index in [4.69, 9.17) is 0 Å². The molecule has 0 aliphatic carbocycles. The van der Waals surface area contributed by atoms with Gasteiger partial charge in [0.25, 0.3) is 0 Å². The summed E-state index contributed by atoms with van der Waals surface area (Å²) in [4.78, 5) is 4.40. The number of hydrogen-bond donors (Lipinski definition) is 1. The van der Waals surface area contributed by atoms with E-state index in [1.807, 2.05) is 31.2 Å². The predicted molar refractivity (Wildman–Crippen MR) is 72.4 cm³/mol. The van der Waals surface area contributed by atoms with Gasteiger partial charge in [-0.15, -0.1) is 0 Å². The standard InChI is InChI=1S/C11H14N2O2S2/c1-8(7-17(2,14)15)12-11-13-9-5-3-4-6-10(9)16-11/h3-6,8H,7H2,1-2H3,(H,12,13). The Morgan fingerprint density at radius 3 is 2.76 bits per heavy atom. The monoisotopic (exact) mass is 270 g/mol. The molecule has 0 aliphatic rings. The minimum atomic E-state index is -2.96. The number of benzene rings is 1. The molecule has 0 radical (unpaired) electrons. The first-order valence-corrected chi connectivity index (χ1v) is 8.11. The van der Waals surface area contributed by atoms with Crippen LogP contribution in [0.15, 0.2) is 24.3 Å². The van der Waals surface area contributed by atoms with E-state index < -0.39 is 9.84 Å². The third-order valence-electron chi connectivity index (χ3n) is 2.22. The highest BCUT2D eigenvalue weighted by Gasteiger charge is 2.12. The summed E-state index contributed by atoms with van der Waals surface area (Å²) in [5.74, 6) is 0.114. The number of rotatable bonds is 4. The molecule has 92 valence electrons. The molecule has 1 aromatic heterocycles. The smallest absolute Gasteiger partial charge is 0.184 e. The van der Waals surface area contributed by atoms with Gasteiger partial charge in [-0.2, -0.15) is 0 Å². The van der Waals surface area contributed by atoms with E-state index in [0.29, 0.717) is 0 Å². The fourth-order valence-electron chi connectivity index (χ4n) is 1.64. The van der Waals surface area contributed by atoms with Gasteiger partial charge in [0.05, 0.1) is 16.0 Å². The lowest BCUT2D eigenvalue weighted by molar-refractivity contribution is 0.598. The largest absolute Gasteiger partial charge is 0.358 e. The summed E-state index contributed by atoms with van der Waals surface area (Å²) in [6.45, 7) is 1.84. The van der Waals surface area contributed by atoms with Crippen molar-refractivity contribution < 1.29 is 8.42 Å². The summed E-state index contributed by atoms with van der Waals surface area (Å²) < 4.78 is 23.4. The average Bonchev–Trinajstić information content (AvgIpc) is 2.55. The van der Waals surface area contributed by atoms with Gasteiger partial charge in [-0.05, 0) is 19.1 Å². The molecule has 2 rings (SSSR count). The number of hydrogen-bond acceptors (Lipinski definition) is 5. The summed E-state index contributed by atoms with van der Waals surface area (Å²) >= 11 is 1.53. The Bertz CT molecular complexity index is 586. The molecule has 0 bridgehead atoms. The first-order chi connectivity index (χ1) is 7.94. The van der Waals surface area contributed by atoms with E-state index in [2.05, 4.69) is 10.3 Å². The molecule has 2 aromatic rings. The second-order valence-corrected chi connectivity index (χ2v) is 7.34. The molecule has 0 amide bonds. The Morgan fingerprint density at radius 2 is 2.12 bits per heavy atom. The molecule has 1 N–H and O–H groups in total. The molecule has 0 saturated carbocycles. The second kappa shape index (κ2) is 4.62. The molecular formula is C11H14N2O2S2. The highest BCUT2D eigenvalue weighted by molar-refractivity contribution is 7.90. The Hall–Kier alpha value is -1.14. The Balaban J connectivity index is 2.13. The maximum absolute atomic E-state index is 11.1. The van der Waals surface area contributed by atoms with Gasteiger partial charge in [-0.1, -0.05) is 23.5 Å². The van der Waals surface area contributed by atoms with Gasteiger partial charge >= 0.3 is 0 Å². The molecule has 17 heavy (non-hydrogen) atoms. The van der Waals surface area contributed by atoms with Crippen molar-refractivity contribution in [1.29, 1.82) is 0 Å². The van der Waals surface area contributed by atoms with Gasteiger partial charge in [0.2, 0.25) is 0 Å². The van der Waals surface area contributed by atoms with Crippen molar-refractivity contribution >= 4 is 36.5 Å². The Morgan fingerprint density at radius 1 is 1.41 bits per heavy atom. The Kier molecular flexibility index (Phi) is 3.35. The van der Waals surface area contributed by atoms with Gasteiger partial charge in [0.15, 0.2) is 5.13 Å². The zero-order valence-corrected chi connectivity index (χ0v) is 11.3. The fourth-order valence-corrected chi connectivity index (χ4v) is 3.61. The van der Waals surface area contributed by atoms with E-state index in [0.717, 1.165) is 15.3 Å². The van der Waals surface area contributed by atoms with Crippen molar-refractivity contribution in [3.63, 3.8) is 0 Å². The highest BCUT2D eigenvalue weighted by atomic mass is 32.2. The molecule has 4 nitrogen and oxygen atoms in total. The maximum Gasteiger partial charge on any atom is 0.184 e. The quantitative estimate of drug-likeness (QED) is 0.924. The molecule has 1 heterocycles. The van der Waals surface area contributed by atoms with Crippen LogP contribution in [0, 0.1) is 0 Å². The normalized spacial score (nSPS) is 13.8. The van der Waals surface area contributed by atoms with Gasteiger partial charge in [-0.25, -0.2) is 13.4 Å². The van der Waals surface area contributed by atoms with Crippen molar-refractivity contribution in [1.82, 2.24) is 4.98 Å². The SMILES string of the molecule is CC(CS(C)(=O)=O)Nc1nc2ccccc2s1. The third-order valence-corrected chi connectivity index (χ3v) is 4.29. The van der Waals surface area contributed by atoms with E-state index in [-0.39, 0.29) is 11.8 Å². The fraction of sp³-hybridized carbons (Fsp3) is 0.364. The summed E-state index contributed by atoms with van der Waals surface area (Å²) in [5, 5.41) is 3.88. The van der Waals surface area contributed by atoms with Crippen LogP contribution in [-0.4, -0.2) is 31.5 Å². The molecule has 0 fully saturated rings. The molecular weight excluding hydrogens is 256 g/mol. The maximum atomic E-state index is 11.1. The minimum Gasteiger partial charge on any atom is -0.358 e. The molecule has 6 heteroatoms. The lowest BCUT2D eigenvalue weighted by Crippen LogP contribution is -2.24. The first kappa shape index (κ1) is 12.3. The number of nitrogens with one attached hydrogen (secondary N) is 1. The van der Waals surface area contributed by atoms with Crippen molar-refractivity contribution in [3.8, 4) is 0 Å². The van der Waals surface area contributed by atoms with E-state index in [9.17, 15) is 8.42 Å². The summed E-state index contributed by atoms with van der Waals surface area (Å²) in [7, 11) is -2.96. The number of thiazole rings is 1. The lowest BCUT2D eigenvalue weighted by atomic mass is 10.3. The van der Waals surface area contributed by atoms with Crippen LogP contribution in [0.4, 0.5) is 5.13 Å². The molecule has 0 spiro atoms. The summed E-state index contributed by atoms with van der Waals surface area (Å²) in [5.41, 5.74) is 0.937. The number of fused-ring (bicyclic) bond motifs is 1. The van der Waals surface area contributed by atoms with Crippen LogP contribution in [0.3, 0.4) is 0 Å². The first-order valence-electron chi connectivity index (χ1n) is 5.24. The van der Waals surface area contributed by atoms with Crippen LogP contribution >= 0.6 is 11.3 Å². The van der Waals surface area contributed by atoms with Crippen molar-refractivity contribution in [2.75, 3.05) is 17.3 Å². The average molecular weight is 270 g/mol. The lowest BCUT2D eigenvalue weighted by Gasteiger charge is -2.10.